The van der Waals surface area contributed by atoms with Crippen molar-refractivity contribution >= 4 is 23.5 Å². The van der Waals surface area contributed by atoms with Gasteiger partial charge in [0.1, 0.15) is 0 Å². The van der Waals surface area contributed by atoms with E-state index in [0.717, 1.165) is 30.4 Å². The van der Waals surface area contributed by atoms with Crippen LogP contribution in [0.3, 0.4) is 0 Å². The summed E-state index contributed by atoms with van der Waals surface area (Å²) in [5.41, 5.74) is -0.00389. The van der Waals surface area contributed by atoms with Crippen molar-refractivity contribution in [2.45, 2.75) is 0 Å². The van der Waals surface area contributed by atoms with Crippen molar-refractivity contribution in [2.75, 3.05) is 29.5 Å². The summed E-state index contributed by atoms with van der Waals surface area (Å²) in [6.07, 6.45) is 4.82. The molecule has 0 amide bonds. The third-order valence-corrected chi connectivity index (χ3v) is 3.94. The standard InChI is InChI=1S/C12H13N5O2S/c18-12(19)9-1-4-17(15-9)11-10(13-2-3-14-11)16-5-7-20-8-6-16/h1-4H,5-8H2,(H,18,19). The lowest BCUT2D eigenvalue weighted by Crippen LogP contribution is -2.34. The van der Waals surface area contributed by atoms with E-state index in [2.05, 4.69) is 20.0 Å². The van der Waals surface area contributed by atoms with E-state index in [1.54, 1.807) is 18.6 Å². The van der Waals surface area contributed by atoms with Gasteiger partial charge in [0.15, 0.2) is 17.3 Å². The minimum Gasteiger partial charge on any atom is -0.476 e. The summed E-state index contributed by atoms with van der Waals surface area (Å²) in [7, 11) is 0. The summed E-state index contributed by atoms with van der Waals surface area (Å²) < 4.78 is 1.47. The van der Waals surface area contributed by atoms with Crippen LogP contribution in [0.1, 0.15) is 10.5 Å². The Kier molecular flexibility index (Phi) is 3.55. The number of carbonyl (C=O) groups is 1. The molecule has 0 saturated carbocycles. The molecule has 104 valence electrons. The van der Waals surface area contributed by atoms with E-state index in [1.807, 2.05) is 11.8 Å². The molecule has 8 heteroatoms. The molecule has 1 aliphatic heterocycles. The first-order chi connectivity index (χ1) is 9.75. The molecule has 2 aromatic heterocycles. The van der Waals surface area contributed by atoms with Gasteiger partial charge in [-0.05, 0) is 6.07 Å². The van der Waals surface area contributed by atoms with Crippen molar-refractivity contribution in [1.82, 2.24) is 19.7 Å². The molecule has 1 saturated heterocycles. The molecule has 0 aromatic carbocycles. The highest BCUT2D eigenvalue weighted by Gasteiger charge is 2.19. The molecule has 1 aliphatic rings. The number of rotatable bonds is 3. The Balaban J connectivity index is 1.97. The molecule has 3 heterocycles. The molecule has 2 aromatic rings. The summed E-state index contributed by atoms with van der Waals surface area (Å²) in [4.78, 5) is 21.7. The van der Waals surface area contributed by atoms with Crippen molar-refractivity contribution in [3.8, 4) is 5.82 Å². The Hall–Kier alpha value is -2.09. The number of aromatic carboxylic acids is 1. The Morgan fingerprint density at radius 1 is 1.20 bits per heavy atom. The van der Waals surface area contributed by atoms with Crippen LogP contribution in [0.25, 0.3) is 5.82 Å². The maximum Gasteiger partial charge on any atom is 0.356 e. The smallest absolute Gasteiger partial charge is 0.356 e. The lowest BCUT2D eigenvalue weighted by molar-refractivity contribution is 0.0690. The van der Waals surface area contributed by atoms with Crippen LogP contribution in [0.5, 0.6) is 0 Å². The van der Waals surface area contributed by atoms with Gasteiger partial charge >= 0.3 is 5.97 Å². The minimum atomic E-state index is -1.05. The quantitative estimate of drug-likeness (QED) is 0.899. The highest BCUT2D eigenvalue weighted by molar-refractivity contribution is 7.99. The number of hydrogen-bond acceptors (Lipinski definition) is 6. The molecule has 1 N–H and O–H groups in total. The number of thioether (sulfide) groups is 1. The molecule has 0 atom stereocenters. The molecule has 0 bridgehead atoms. The van der Waals surface area contributed by atoms with Gasteiger partial charge in [-0.1, -0.05) is 0 Å². The summed E-state index contributed by atoms with van der Waals surface area (Å²) in [6.45, 7) is 1.81. The third kappa shape index (κ3) is 2.46. The molecule has 0 aliphatic carbocycles. The maximum absolute atomic E-state index is 10.9. The number of anilines is 1. The number of nitrogens with zero attached hydrogens (tertiary/aromatic N) is 5. The van der Waals surface area contributed by atoms with Gasteiger partial charge in [-0.2, -0.15) is 16.9 Å². The minimum absolute atomic E-state index is 0.00389. The summed E-state index contributed by atoms with van der Waals surface area (Å²) >= 11 is 1.91. The Bertz CT molecular complexity index is 624. The van der Waals surface area contributed by atoms with Crippen LogP contribution in [0.15, 0.2) is 24.7 Å². The molecule has 7 nitrogen and oxygen atoms in total. The average molecular weight is 291 g/mol. The topological polar surface area (TPSA) is 84.1 Å². The van der Waals surface area contributed by atoms with Crippen LogP contribution in [0.4, 0.5) is 5.82 Å². The molecule has 0 spiro atoms. The number of hydrogen-bond donors (Lipinski definition) is 1. The van der Waals surface area contributed by atoms with Crippen LogP contribution >= 0.6 is 11.8 Å². The van der Waals surface area contributed by atoms with E-state index in [9.17, 15) is 4.79 Å². The van der Waals surface area contributed by atoms with Crippen LogP contribution < -0.4 is 4.90 Å². The second-order valence-electron chi connectivity index (χ2n) is 4.25. The van der Waals surface area contributed by atoms with E-state index < -0.39 is 5.97 Å². The molecular formula is C12H13N5O2S. The monoisotopic (exact) mass is 291 g/mol. The van der Waals surface area contributed by atoms with Crippen molar-refractivity contribution in [3.63, 3.8) is 0 Å². The van der Waals surface area contributed by atoms with Crippen LogP contribution in [-0.2, 0) is 0 Å². The van der Waals surface area contributed by atoms with E-state index >= 15 is 0 Å². The fourth-order valence-corrected chi connectivity index (χ4v) is 2.94. The molecule has 0 radical (unpaired) electrons. The first kappa shape index (κ1) is 12.9. The van der Waals surface area contributed by atoms with Crippen LogP contribution in [-0.4, -0.2) is 55.4 Å². The van der Waals surface area contributed by atoms with Gasteiger partial charge in [0.2, 0.25) is 0 Å². The summed E-state index contributed by atoms with van der Waals surface area (Å²) in [5, 5.41) is 13.0. The molecule has 0 unspecified atom stereocenters. The second-order valence-corrected chi connectivity index (χ2v) is 5.48. The zero-order chi connectivity index (χ0) is 13.9. The Morgan fingerprint density at radius 3 is 2.55 bits per heavy atom. The molecule has 3 rings (SSSR count). The van der Waals surface area contributed by atoms with Gasteiger partial charge in [0, 0.05) is 43.2 Å². The number of carboxylic acids is 1. The predicted octanol–water partition coefficient (Wildman–Crippen LogP) is 0.914. The van der Waals surface area contributed by atoms with Crippen molar-refractivity contribution in [3.05, 3.63) is 30.4 Å². The van der Waals surface area contributed by atoms with Crippen LogP contribution in [0, 0.1) is 0 Å². The maximum atomic E-state index is 10.9. The average Bonchev–Trinajstić information content (AvgIpc) is 2.98. The van der Waals surface area contributed by atoms with Gasteiger partial charge in [-0.3, -0.25) is 0 Å². The van der Waals surface area contributed by atoms with Crippen molar-refractivity contribution < 1.29 is 9.90 Å². The molecule has 20 heavy (non-hydrogen) atoms. The highest BCUT2D eigenvalue weighted by Crippen LogP contribution is 2.22. The summed E-state index contributed by atoms with van der Waals surface area (Å²) in [6, 6.07) is 1.45. The fraction of sp³-hybridized carbons (Fsp3) is 0.333. The molecule has 1 fully saturated rings. The van der Waals surface area contributed by atoms with Gasteiger partial charge in [0.25, 0.3) is 0 Å². The fourth-order valence-electron chi connectivity index (χ4n) is 2.04. The van der Waals surface area contributed by atoms with Gasteiger partial charge in [-0.15, -0.1) is 0 Å². The van der Waals surface area contributed by atoms with Crippen molar-refractivity contribution in [1.29, 1.82) is 0 Å². The number of carboxylic acid groups (broad SMARTS) is 1. The van der Waals surface area contributed by atoms with E-state index in [1.165, 1.54) is 10.7 Å². The first-order valence-corrected chi connectivity index (χ1v) is 7.34. The Labute approximate surface area is 119 Å². The second kappa shape index (κ2) is 5.49. The van der Waals surface area contributed by atoms with Crippen LogP contribution in [0.2, 0.25) is 0 Å². The largest absolute Gasteiger partial charge is 0.476 e. The van der Waals surface area contributed by atoms with Gasteiger partial charge in [0.05, 0.1) is 0 Å². The van der Waals surface area contributed by atoms with E-state index in [4.69, 9.17) is 5.11 Å². The van der Waals surface area contributed by atoms with E-state index in [-0.39, 0.29) is 5.69 Å². The first-order valence-electron chi connectivity index (χ1n) is 6.19. The third-order valence-electron chi connectivity index (χ3n) is 3.00. The SMILES string of the molecule is O=C(O)c1ccn(-c2nccnc2N2CCSCC2)n1. The lowest BCUT2D eigenvalue weighted by atomic mass is 10.4. The lowest BCUT2D eigenvalue weighted by Gasteiger charge is -2.28. The Morgan fingerprint density at radius 2 is 1.90 bits per heavy atom. The normalized spacial score (nSPS) is 15.3. The van der Waals surface area contributed by atoms with Gasteiger partial charge < -0.3 is 10.0 Å². The highest BCUT2D eigenvalue weighted by atomic mass is 32.2. The summed E-state index contributed by atoms with van der Waals surface area (Å²) in [5.74, 6) is 2.36. The zero-order valence-electron chi connectivity index (χ0n) is 10.6. The van der Waals surface area contributed by atoms with E-state index in [0.29, 0.717) is 5.82 Å². The van der Waals surface area contributed by atoms with Crippen molar-refractivity contribution in [2.24, 2.45) is 0 Å². The predicted molar refractivity (Wildman–Crippen MR) is 75.7 cm³/mol. The molecular weight excluding hydrogens is 278 g/mol. The number of aromatic nitrogens is 4. The zero-order valence-corrected chi connectivity index (χ0v) is 11.5. The van der Waals surface area contributed by atoms with Gasteiger partial charge in [-0.25, -0.2) is 19.4 Å².